The van der Waals surface area contributed by atoms with Crippen LogP contribution in [0.4, 0.5) is 5.69 Å². The summed E-state index contributed by atoms with van der Waals surface area (Å²) in [6, 6.07) is 5.55. The van der Waals surface area contributed by atoms with Gasteiger partial charge in [0.15, 0.2) is 0 Å². The van der Waals surface area contributed by atoms with Gasteiger partial charge in [-0.15, -0.1) is 23.2 Å². The van der Waals surface area contributed by atoms with E-state index in [2.05, 4.69) is 0 Å². The van der Waals surface area contributed by atoms with Gasteiger partial charge in [-0.25, -0.2) is 4.79 Å². The van der Waals surface area contributed by atoms with E-state index in [9.17, 15) is 4.79 Å². The molecule has 0 aliphatic heterocycles. The van der Waals surface area contributed by atoms with E-state index < -0.39 is 0 Å². The second-order valence-electron chi connectivity index (χ2n) is 3.83. The zero-order chi connectivity index (χ0) is 13.5. The predicted molar refractivity (Wildman–Crippen MR) is 76.2 cm³/mol. The zero-order valence-electron chi connectivity index (χ0n) is 10.6. The molecule has 0 N–H and O–H groups in total. The third-order valence-electron chi connectivity index (χ3n) is 2.67. The van der Waals surface area contributed by atoms with Crippen molar-refractivity contribution >= 4 is 34.9 Å². The van der Waals surface area contributed by atoms with Crippen molar-refractivity contribution in [3.05, 3.63) is 29.3 Å². The number of aryl methyl sites for hydroxylation is 1. The first-order chi connectivity index (χ1) is 8.65. The lowest BCUT2D eigenvalue weighted by Crippen LogP contribution is -2.30. The number of rotatable bonds is 6. The van der Waals surface area contributed by atoms with E-state index >= 15 is 0 Å². The van der Waals surface area contributed by atoms with Gasteiger partial charge in [0.05, 0.1) is 18.4 Å². The molecule has 5 heteroatoms. The molecule has 0 atom stereocenters. The summed E-state index contributed by atoms with van der Waals surface area (Å²) in [6.07, 6.45) is 0. The second-order valence-corrected chi connectivity index (χ2v) is 4.58. The molecule has 0 amide bonds. The number of benzene rings is 1. The largest absolute Gasteiger partial charge is 0.465 e. The summed E-state index contributed by atoms with van der Waals surface area (Å²) >= 11 is 11.6. The number of ether oxygens (including phenoxy) is 1. The van der Waals surface area contributed by atoms with Gasteiger partial charge in [-0.2, -0.15) is 0 Å². The minimum Gasteiger partial charge on any atom is -0.465 e. The van der Waals surface area contributed by atoms with E-state index in [1.54, 1.807) is 6.07 Å². The van der Waals surface area contributed by atoms with Crippen molar-refractivity contribution in [1.29, 1.82) is 0 Å². The summed E-state index contributed by atoms with van der Waals surface area (Å²) in [5.41, 5.74) is 2.41. The Hall–Kier alpha value is -0.930. The van der Waals surface area contributed by atoms with Crippen LogP contribution in [0.15, 0.2) is 18.2 Å². The molecule has 0 saturated heterocycles. The lowest BCUT2D eigenvalue weighted by atomic mass is 10.1. The first kappa shape index (κ1) is 15.1. The van der Waals surface area contributed by atoms with Gasteiger partial charge in [-0.1, -0.05) is 12.1 Å². The maximum Gasteiger partial charge on any atom is 0.339 e. The summed E-state index contributed by atoms with van der Waals surface area (Å²) in [4.78, 5) is 13.8. The Morgan fingerprint density at radius 3 is 2.39 bits per heavy atom. The number of carbonyl (C=O) groups excluding carboxylic acids is 1. The monoisotopic (exact) mass is 289 g/mol. The van der Waals surface area contributed by atoms with Crippen LogP contribution in [0.25, 0.3) is 0 Å². The predicted octanol–water partition coefficient (Wildman–Crippen LogP) is 3.07. The Morgan fingerprint density at radius 2 is 1.89 bits per heavy atom. The van der Waals surface area contributed by atoms with Gasteiger partial charge in [0.25, 0.3) is 0 Å². The molecule has 1 rings (SSSR count). The lowest BCUT2D eigenvalue weighted by Gasteiger charge is -2.26. The number of alkyl halides is 2. The molecule has 0 aromatic heterocycles. The molecule has 0 bridgehead atoms. The summed E-state index contributed by atoms with van der Waals surface area (Å²) in [5.74, 6) is 0.611. The molecule has 0 fully saturated rings. The van der Waals surface area contributed by atoms with E-state index in [4.69, 9.17) is 27.9 Å². The number of esters is 1. The zero-order valence-corrected chi connectivity index (χ0v) is 12.1. The van der Waals surface area contributed by atoms with Crippen molar-refractivity contribution in [3.8, 4) is 0 Å². The van der Waals surface area contributed by atoms with Gasteiger partial charge < -0.3 is 9.64 Å². The Labute approximate surface area is 118 Å². The second kappa shape index (κ2) is 7.49. The Bertz CT molecular complexity index is 404. The number of halogens is 2. The molecule has 3 nitrogen and oxygen atoms in total. The van der Waals surface area contributed by atoms with Crippen LogP contribution in [0.5, 0.6) is 0 Å². The fourth-order valence-electron chi connectivity index (χ4n) is 1.89. The van der Waals surface area contributed by atoms with Crippen molar-refractivity contribution in [2.24, 2.45) is 0 Å². The minimum absolute atomic E-state index is 0.345. The highest BCUT2D eigenvalue weighted by atomic mass is 35.5. The molecule has 1 aromatic carbocycles. The van der Waals surface area contributed by atoms with Crippen molar-refractivity contribution in [1.82, 2.24) is 0 Å². The van der Waals surface area contributed by atoms with Crippen LogP contribution in [0.2, 0.25) is 0 Å². The summed E-state index contributed by atoms with van der Waals surface area (Å²) in [5, 5.41) is 0. The molecule has 0 aliphatic carbocycles. The molecule has 18 heavy (non-hydrogen) atoms. The molecule has 0 saturated carbocycles. The maximum absolute atomic E-state index is 11.8. The van der Waals surface area contributed by atoms with E-state index in [1.807, 2.05) is 24.0 Å². The third kappa shape index (κ3) is 3.53. The molecule has 0 unspecified atom stereocenters. The Balaban J connectivity index is 3.21. The smallest absolute Gasteiger partial charge is 0.339 e. The van der Waals surface area contributed by atoms with Crippen molar-refractivity contribution < 1.29 is 9.53 Å². The van der Waals surface area contributed by atoms with Crippen molar-refractivity contribution in [2.75, 3.05) is 36.9 Å². The number of carbonyl (C=O) groups is 1. The van der Waals surface area contributed by atoms with E-state index in [1.165, 1.54) is 7.11 Å². The summed E-state index contributed by atoms with van der Waals surface area (Å²) in [6.45, 7) is 3.24. The molecule has 0 heterocycles. The van der Waals surface area contributed by atoms with E-state index in [0.717, 1.165) is 11.3 Å². The average molecular weight is 290 g/mol. The van der Waals surface area contributed by atoms with E-state index in [-0.39, 0.29) is 5.97 Å². The standard InChI is InChI=1S/C13H17Cl2NO2/c1-10-4-3-5-11(13(17)18-2)12(10)16(8-6-14)9-7-15/h3-5H,6-9H2,1-2H3. The maximum atomic E-state index is 11.8. The number of hydrogen-bond acceptors (Lipinski definition) is 3. The first-order valence-electron chi connectivity index (χ1n) is 5.70. The van der Waals surface area contributed by atoms with Gasteiger partial charge in [-0.3, -0.25) is 0 Å². The Kier molecular flexibility index (Phi) is 6.30. The van der Waals surface area contributed by atoms with Gasteiger partial charge in [0.1, 0.15) is 0 Å². The fraction of sp³-hybridized carbons (Fsp3) is 0.462. The highest BCUT2D eigenvalue weighted by Crippen LogP contribution is 2.26. The van der Waals surface area contributed by atoms with Gasteiger partial charge in [0.2, 0.25) is 0 Å². The van der Waals surface area contributed by atoms with Crippen LogP contribution in [0.3, 0.4) is 0 Å². The van der Waals surface area contributed by atoms with Gasteiger partial charge >= 0.3 is 5.97 Å². The number of para-hydroxylation sites is 1. The van der Waals surface area contributed by atoms with E-state index in [0.29, 0.717) is 30.4 Å². The van der Waals surface area contributed by atoms with Gasteiger partial charge in [0, 0.05) is 24.8 Å². The minimum atomic E-state index is -0.345. The quantitative estimate of drug-likeness (QED) is 0.595. The topological polar surface area (TPSA) is 29.5 Å². The lowest BCUT2D eigenvalue weighted by molar-refractivity contribution is 0.0601. The number of anilines is 1. The molecule has 0 aliphatic rings. The Morgan fingerprint density at radius 1 is 1.28 bits per heavy atom. The summed E-state index contributed by atoms with van der Waals surface area (Å²) in [7, 11) is 1.38. The third-order valence-corrected chi connectivity index (χ3v) is 3.01. The number of methoxy groups -OCH3 is 1. The van der Waals surface area contributed by atoms with Crippen LogP contribution in [0.1, 0.15) is 15.9 Å². The van der Waals surface area contributed by atoms with Crippen LogP contribution < -0.4 is 4.90 Å². The highest BCUT2D eigenvalue weighted by molar-refractivity contribution is 6.18. The number of nitrogens with zero attached hydrogens (tertiary/aromatic N) is 1. The molecule has 1 aromatic rings. The molecule has 0 radical (unpaired) electrons. The highest BCUT2D eigenvalue weighted by Gasteiger charge is 2.18. The van der Waals surface area contributed by atoms with Crippen LogP contribution in [-0.2, 0) is 4.74 Å². The summed E-state index contributed by atoms with van der Waals surface area (Å²) < 4.78 is 4.81. The normalized spacial score (nSPS) is 10.2. The number of hydrogen-bond donors (Lipinski definition) is 0. The molecule has 0 spiro atoms. The molecular formula is C13H17Cl2NO2. The molecular weight excluding hydrogens is 273 g/mol. The van der Waals surface area contributed by atoms with Crippen LogP contribution >= 0.6 is 23.2 Å². The van der Waals surface area contributed by atoms with Crippen molar-refractivity contribution in [3.63, 3.8) is 0 Å². The fourth-order valence-corrected chi connectivity index (χ4v) is 2.30. The van der Waals surface area contributed by atoms with Crippen LogP contribution in [0, 0.1) is 6.92 Å². The van der Waals surface area contributed by atoms with Crippen LogP contribution in [-0.4, -0.2) is 37.9 Å². The first-order valence-corrected chi connectivity index (χ1v) is 6.77. The average Bonchev–Trinajstić information content (AvgIpc) is 2.37. The van der Waals surface area contributed by atoms with Gasteiger partial charge in [-0.05, 0) is 18.6 Å². The van der Waals surface area contributed by atoms with Crippen molar-refractivity contribution in [2.45, 2.75) is 6.92 Å². The molecule has 100 valence electrons. The SMILES string of the molecule is COC(=O)c1cccc(C)c1N(CCCl)CCCl.